The number of esters is 1. The predicted octanol–water partition coefficient (Wildman–Crippen LogP) is 6.81. The number of hydrogen-bond acceptors (Lipinski definition) is 2. The second-order valence-electron chi connectivity index (χ2n) is 6.64. The molecule has 0 N–H and O–H groups in total. The van der Waals surface area contributed by atoms with E-state index in [0.717, 1.165) is 4.90 Å². The van der Waals surface area contributed by atoms with Crippen LogP contribution in [0.2, 0.25) is 0 Å². The third-order valence-corrected chi connectivity index (χ3v) is 6.88. The summed E-state index contributed by atoms with van der Waals surface area (Å²) in [5.74, 6) is 0.277. The summed E-state index contributed by atoms with van der Waals surface area (Å²) >= 11 is 3.36. The third kappa shape index (κ3) is 3.04. The van der Waals surface area contributed by atoms with Gasteiger partial charge in [-0.1, -0.05) is 46.3 Å². The van der Waals surface area contributed by atoms with Crippen molar-refractivity contribution in [2.24, 2.45) is 0 Å². The highest BCUT2D eigenvalue weighted by molar-refractivity contribution is 9.10. The summed E-state index contributed by atoms with van der Waals surface area (Å²) < 4.78 is 7.50. The van der Waals surface area contributed by atoms with E-state index in [2.05, 4.69) is 70.5 Å². The lowest BCUT2D eigenvalue weighted by Gasteiger charge is -2.14. The van der Waals surface area contributed by atoms with Crippen molar-refractivity contribution in [1.29, 1.82) is 0 Å². The molecule has 4 aromatic rings. The highest BCUT2D eigenvalue weighted by Gasteiger charge is 2.27. The molecule has 1 heterocycles. The minimum Gasteiger partial charge on any atom is -0.425 e. The maximum atomic E-state index is 12.2. The van der Waals surface area contributed by atoms with Gasteiger partial charge in [-0.2, -0.15) is 0 Å². The number of hydrogen-bond donors (Lipinski definition) is 0. The molecule has 0 radical (unpaired) electrons. The van der Waals surface area contributed by atoms with Gasteiger partial charge >= 0.3 is 5.97 Å². The standard InChI is InChI=1S/C22H18BrO2S/c1-22(2,23)21(24)25-15-8-7-9-16(14-15)26-19-12-5-3-10-17(19)18-11-4-6-13-20(18)26/h3-14H,1-2H3/q+1. The molecule has 4 rings (SSSR count). The summed E-state index contributed by atoms with van der Waals surface area (Å²) in [4.78, 5) is 13.3. The van der Waals surface area contributed by atoms with Gasteiger partial charge in [0.2, 0.25) is 0 Å². The van der Waals surface area contributed by atoms with Gasteiger partial charge in [0.25, 0.3) is 0 Å². The molecule has 0 aliphatic rings. The van der Waals surface area contributed by atoms with Crippen molar-refractivity contribution in [3.63, 3.8) is 0 Å². The lowest BCUT2D eigenvalue weighted by Crippen LogP contribution is -2.29. The zero-order valence-corrected chi connectivity index (χ0v) is 16.9. The maximum absolute atomic E-state index is 12.2. The Labute approximate surface area is 163 Å². The predicted molar refractivity (Wildman–Crippen MR) is 114 cm³/mol. The molecule has 3 aromatic carbocycles. The summed E-state index contributed by atoms with van der Waals surface area (Å²) in [6, 6.07) is 25.0. The van der Waals surface area contributed by atoms with Crippen LogP contribution in [0, 0.1) is 0 Å². The smallest absolute Gasteiger partial charge is 0.327 e. The Kier molecular flexibility index (Phi) is 4.33. The number of carbonyl (C=O) groups is 1. The van der Waals surface area contributed by atoms with E-state index in [0.29, 0.717) is 5.75 Å². The molecule has 26 heavy (non-hydrogen) atoms. The Balaban J connectivity index is 1.88. The van der Waals surface area contributed by atoms with Gasteiger partial charge < -0.3 is 4.74 Å². The first-order valence-corrected chi connectivity index (χ1v) is 10.4. The number of carbonyl (C=O) groups excluding carboxylic acids is 1. The molecule has 0 saturated carbocycles. The van der Waals surface area contributed by atoms with Crippen LogP contribution < -0.4 is 4.74 Å². The molecule has 0 fully saturated rings. The molecule has 1 aromatic heterocycles. The van der Waals surface area contributed by atoms with E-state index in [9.17, 15) is 4.79 Å². The van der Waals surface area contributed by atoms with E-state index >= 15 is 0 Å². The fourth-order valence-corrected chi connectivity index (χ4v) is 5.50. The van der Waals surface area contributed by atoms with Crippen LogP contribution in [0.4, 0.5) is 0 Å². The second-order valence-corrected chi connectivity index (χ2v) is 10.6. The number of ether oxygens (including phenoxy) is 1. The number of thiophene rings is 1. The fraction of sp³-hybridized carbons (Fsp3) is 0.136. The van der Waals surface area contributed by atoms with Gasteiger partial charge in [-0.05, 0) is 50.2 Å². The van der Waals surface area contributed by atoms with Crippen LogP contribution in [0.25, 0.3) is 25.1 Å². The van der Waals surface area contributed by atoms with Crippen LogP contribution in [0.5, 0.6) is 5.75 Å². The lowest BCUT2D eigenvalue weighted by atomic mass is 10.2. The monoisotopic (exact) mass is 425 g/mol. The summed E-state index contributed by atoms with van der Waals surface area (Å²) in [6.07, 6.45) is 0. The SMILES string of the molecule is CC(C)(Br)C(=O)Oc1cccc(-[s+]2c3ccccc3c3ccccc32)c1. The third-order valence-electron chi connectivity index (χ3n) is 4.24. The van der Waals surface area contributed by atoms with Crippen LogP contribution in [0.3, 0.4) is 0 Å². The molecule has 0 bridgehead atoms. The summed E-state index contributed by atoms with van der Waals surface area (Å²) in [7, 11) is -0.190. The average molecular weight is 426 g/mol. The van der Waals surface area contributed by atoms with Crippen LogP contribution in [-0.2, 0) is 4.79 Å². The van der Waals surface area contributed by atoms with Gasteiger partial charge in [0.15, 0.2) is 14.3 Å². The van der Waals surface area contributed by atoms with E-state index in [1.54, 1.807) is 13.8 Å². The van der Waals surface area contributed by atoms with E-state index in [1.165, 1.54) is 20.2 Å². The minimum absolute atomic E-state index is 0.190. The van der Waals surface area contributed by atoms with E-state index in [4.69, 9.17) is 4.74 Å². The van der Waals surface area contributed by atoms with Gasteiger partial charge in [-0.25, -0.2) is 0 Å². The number of benzene rings is 3. The quantitative estimate of drug-likeness (QED) is 0.156. The molecule has 2 nitrogen and oxygen atoms in total. The highest BCUT2D eigenvalue weighted by atomic mass is 79.9. The molecule has 0 atom stereocenters. The Morgan fingerprint density at radius 1 is 0.885 bits per heavy atom. The first-order chi connectivity index (χ1) is 12.4. The molecule has 0 amide bonds. The van der Waals surface area contributed by atoms with E-state index in [1.807, 2.05) is 18.2 Å². The Bertz CT molecular complexity index is 1070. The number of halogens is 1. The zero-order chi connectivity index (χ0) is 18.3. The van der Waals surface area contributed by atoms with Crippen LogP contribution in [0.1, 0.15) is 13.8 Å². The average Bonchev–Trinajstić information content (AvgIpc) is 2.96. The van der Waals surface area contributed by atoms with Crippen molar-refractivity contribution in [3.8, 4) is 10.6 Å². The maximum Gasteiger partial charge on any atom is 0.327 e. The Morgan fingerprint density at radius 2 is 1.46 bits per heavy atom. The van der Waals surface area contributed by atoms with Crippen molar-refractivity contribution < 1.29 is 9.53 Å². The Morgan fingerprint density at radius 3 is 2.04 bits per heavy atom. The minimum atomic E-state index is -0.710. The van der Waals surface area contributed by atoms with Crippen LogP contribution in [-0.4, -0.2) is 10.3 Å². The topological polar surface area (TPSA) is 26.3 Å². The number of alkyl halides is 1. The van der Waals surface area contributed by atoms with Crippen LogP contribution in [0.15, 0.2) is 72.8 Å². The van der Waals surface area contributed by atoms with Crippen LogP contribution >= 0.6 is 26.4 Å². The lowest BCUT2D eigenvalue weighted by molar-refractivity contribution is -0.136. The van der Waals surface area contributed by atoms with Gasteiger partial charge in [0.05, 0.1) is 0 Å². The largest absolute Gasteiger partial charge is 0.425 e. The molecular formula is C22H18BrO2S+. The molecular weight excluding hydrogens is 408 g/mol. The molecule has 0 aliphatic heterocycles. The van der Waals surface area contributed by atoms with Crippen molar-refractivity contribution in [2.45, 2.75) is 18.2 Å². The van der Waals surface area contributed by atoms with E-state index in [-0.39, 0.29) is 16.4 Å². The van der Waals surface area contributed by atoms with Crippen molar-refractivity contribution in [3.05, 3.63) is 72.8 Å². The van der Waals surface area contributed by atoms with Gasteiger partial charge in [0, 0.05) is 27.3 Å². The molecule has 0 unspecified atom stereocenters. The summed E-state index contributed by atoms with van der Waals surface area (Å²) in [5.41, 5.74) is 0. The highest BCUT2D eigenvalue weighted by Crippen LogP contribution is 2.48. The van der Waals surface area contributed by atoms with Crippen molar-refractivity contribution in [1.82, 2.24) is 0 Å². The Hall–Kier alpha value is -2.17. The summed E-state index contributed by atoms with van der Waals surface area (Å²) in [6.45, 7) is 3.56. The van der Waals surface area contributed by atoms with Crippen molar-refractivity contribution >= 4 is 52.5 Å². The van der Waals surface area contributed by atoms with Gasteiger partial charge in [-0.3, -0.25) is 4.79 Å². The van der Waals surface area contributed by atoms with Gasteiger partial charge in [-0.15, -0.1) is 0 Å². The zero-order valence-electron chi connectivity index (χ0n) is 14.5. The summed E-state index contributed by atoms with van der Waals surface area (Å²) in [5, 5.41) is 2.57. The fourth-order valence-electron chi connectivity index (χ4n) is 3.00. The van der Waals surface area contributed by atoms with Crippen molar-refractivity contribution in [2.75, 3.05) is 0 Å². The molecule has 0 aliphatic carbocycles. The first-order valence-electron chi connectivity index (χ1n) is 8.39. The number of fused-ring (bicyclic) bond motifs is 3. The molecule has 0 spiro atoms. The van der Waals surface area contributed by atoms with Gasteiger partial charge in [0.1, 0.15) is 10.1 Å². The molecule has 4 heteroatoms. The van der Waals surface area contributed by atoms with E-state index < -0.39 is 4.32 Å². The number of rotatable bonds is 3. The second kappa shape index (κ2) is 6.53. The first kappa shape index (κ1) is 17.3. The normalized spacial score (nSPS) is 11.8. The molecule has 130 valence electrons. The molecule has 0 saturated heterocycles.